The van der Waals surface area contributed by atoms with Crippen molar-refractivity contribution >= 4 is 34.4 Å². The van der Waals surface area contributed by atoms with Crippen LogP contribution < -0.4 is 10.6 Å². The van der Waals surface area contributed by atoms with E-state index in [0.717, 1.165) is 46.4 Å². The second kappa shape index (κ2) is 9.87. The Balaban J connectivity index is 1.15. The van der Waals surface area contributed by atoms with E-state index in [9.17, 15) is 19.5 Å². The van der Waals surface area contributed by atoms with Crippen LogP contribution in [0.5, 0.6) is 0 Å². The van der Waals surface area contributed by atoms with Crippen molar-refractivity contribution in [3.63, 3.8) is 0 Å². The van der Waals surface area contributed by atoms with Crippen LogP contribution in [-0.4, -0.2) is 41.2 Å². The number of aromatic nitrogens is 1. The molecule has 0 radical (unpaired) electrons. The van der Waals surface area contributed by atoms with E-state index in [2.05, 4.69) is 39.9 Å². The van der Waals surface area contributed by atoms with Crippen molar-refractivity contribution in [3.8, 4) is 11.1 Å². The van der Waals surface area contributed by atoms with Gasteiger partial charge in [-0.2, -0.15) is 0 Å². The van der Waals surface area contributed by atoms with E-state index in [1.807, 2.05) is 24.3 Å². The van der Waals surface area contributed by atoms with E-state index in [1.165, 1.54) is 0 Å². The molecule has 0 spiro atoms. The third kappa shape index (κ3) is 4.77. The predicted molar refractivity (Wildman–Crippen MR) is 132 cm³/mol. The van der Waals surface area contributed by atoms with Gasteiger partial charge in [-0.15, -0.1) is 11.3 Å². The monoisotopic (exact) mass is 491 g/mol. The van der Waals surface area contributed by atoms with Gasteiger partial charge >= 0.3 is 12.1 Å². The van der Waals surface area contributed by atoms with Gasteiger partial charge in [-0.1, -0.05) is 55.0 Å². The number of carbonyl (C=O) groups excluding carboxylic acids is 2. The molecule has 9 heteroatoms. The van der Waals surface area contributed by atoms with E-state index < -0.39 is 23.9 Å². The Morgan fingerprint density at radius 2 is 1.71 bits per heavy atom. The van der Waals surface area contributed by atoms with Crippen molar-refractivity contribution in [3.05, 3.63) is 70.7 Å². The summed E-state index contributed by atoms with van der Waals surface area (Å²) in [4.78, 5) is 40.4. The summed E-state index contributed by atoms with van der Waals surface area (Å²) in [6.45, 7) is 0.479. The zero-order valence-electron chi connectivity index (χ0n) is 18.9. The topological polar surface area (TPSA) is 118 Å². The smallest absolute Gasteiger partial charge is 0.413 e. The van der Waals surface area contributed by atoms with Crippen LogP contribution in [0.4, 0.5) is 9.93 Å². The summed E-state index contributed by atoms with van der Waals surface area (Å²) in [6.07, 6.45) is 1.63. The maximum Gasteiger partial charge on any atom is 0.413 e. The summed E-state index contributed by atoms with van der Waals surface area (Å²) < 4.78 is 5.52. The van der Waals surface area contributed by atoms with E-state index in [-0.39, 0.29) is 29.3 Å². The first-order valence-corrected chi connectivity index (χ1v) is 12.5. The van der Waals surface area contributed by atoms with Gasteiger partial charge in [0, 0.05) is 17.8 Å². The zero-order chi connectivity index (χ0) is 24.4. The van der Waals surface area contributed by atoms with Gasteiger partial charge < -0.3 is 15.2 Å². The van der Waals surface area contributed by atoms with Gasteiger partial charge in [-0.05, 0) is 41.0 Å². The highest BCUT2D eigenvalue weighted by molar-refractivity contribution is 7.14. The molecule has 2 atom stereocenters. The Bertz CT molecular complexity index is 1230. The number of benzene rings is 2. The van der Waals surface area contributed by atoms with Gasteiger partial charge in [-0.3, -0.25) is 14.9 Å². The van der Waals surface area contributed by atoms with Gasteiger partial charge in [0.05, 0.1) is 5.92 Å². The van der Waals surface area contributed by atoms with E-state index in [1.54, 1.807) is 5.38 Å². The lowest BCUT2D eigenvalue weighted by Gasteiger charge is -2.15. The molecule has 1 heterocycles. The van der Waals surface area contributed by atoms with Crippen LogP contribution >= 0.6 is 11.3 Å². The van der Waals surface area contributed by atoms with Gasteiger partial charge in [0.25, 0.3) is 5.91 Å². The van der Waals surface area contributed by atoms with Crippen molar-refractivity contribution in [2.45, 2.75) is 25.2 Å². The fourth-order valence-electron chi connectivity index (χ4n) is 5.08. The van der Waals surface area contributed by atoms with Gasteiger partial charge in [0.1, 0.15) is 12.3 Å². The molecule has 5 rings (SSSR count). The molecule has 2 aliphatic rings. The Kier molecular flexibility index (Phi) is 6.50. The number of aliphatic carboxylic acids is 1. The Morgan fingerprint density at radius 3 is 2.40 bits per heavy atom. The van der Waals surface area contributed by atoms with Crippen LogP contribution in [0, 0.1) is 11.8 Å². The summed E-state index contributed by atoms with van der Waals surface area (Å²) in [7, 11) is 0. The summed E-state index contributed by atoms with van der Waals surface area (Å²) in [5.41, 5.74) is 4.73. The number of amides is 2. The van der Waals surface area contributed by atoms with Crippen molar-refractivity contribution in [1.29, 1.82) is 0 Å². The number of nitrogens with zero attached hydrogens (tertiary/aromatic N) is 1. The van der Waals surface area contributed by atoms with Crippen LogP contribution in [0.25, 0.3) is 11.1 Å². The van der Waals surface area contributed by atoms with Crippen molar-refractivity contribution in [2.24, 2.45) is 11.8 Å². The van der Waals surface area contributed by atoms with Gasteiger partial charge in [-0.25, -0.2) is 9.78 Å². The number of nitrogens with one attached hydrogen (secondary N) is 2. The zero-order valence-corrected chi connectivity index (χ0v) is 19.7. The van der Waals surface area contributed by atoms with Crippen LogP contribution in [-0.2, 0) is 9.53 Å². The Labute approximate surface area is 206 Å². The van der Waals surface area contributed by atoms with Gasteiger partial charge in [0.15, 0.2) is 5.13 Å². The highest BCUT2D eigenvalue weighted by Crippen LogP contribution is 2.44. The molecule has 3 aromatic rings. The van der Waals surface area contributed by atoms with Crippen molar-refractivity contribution in [1.82, 2.24) is 10.3 Å². The van der Waals surface area contributed by atoms with Crippen LogP contribution in [0.2, 0.25) is 0 Å². The largest absolute Gasteiger partial charge is 0.481 e. The minimum atomic E-state index is -0.815. The first-order chi connectivity index (χ1) is 17.0. The molecule has 2 aromatic carbocycles. The lowest BCUT2D eigenvalue weighted by molar-refractivity contribution is -0.142. The van der Waals surface area contributed by atoms with E-state index >= 15 is 0 Å². The molecule has 3 N–H and O–H groups in total. The van der Waals surface area contributed by atoms with Crippen molar-refractivity contribution in [2.75, 3.05) is 18.5 Å². The summed E-state index contributed by atoms with van der Waals surface area (Å²) >= 11 is 1.13. The number of ether oxygens (including phenoxy) is 1. The third-order valence-corrected chi connectivity index (χ3v) is 7.55. The lowest BCUT2D eigenvalue weighted by Crippen LogP contribution is -2.33. The van der Waals surface area contributed by atoms with Crippen LogP contribution in [0.15, 0.2) is 53.9 Å². The number of carboxylic acids is 1. The average Bonchev–Trinajstić information content (AvgIpc) is 3.59. The maximum atomic E-state index is 12.5. The first-order valence-electron chi connectivity index (χ1n) is 11.6. The van der Waals surface area contributed by atoms with Crippen LogP contribution in [0.1, 0.15) is 46.8 Å². The highest BCUT2D eigenvalue weighted by Gasteiger charge is 2.33. The second-order valence-corrected chi connectivity index (χ2v) is 9.69. The minimum absolute atomic E-state index is 0.0454. The molecule has 0 saturated heterocycles. The number of carbonyl (C=O) groups is 3. The number of hydrogen-bond acceptors (Lipinski definition) is 6. The fourth-order valence-corrected chi connectivity index (χ4v) is 5.75. The van der Waals surface area contributed by atoms with Gasteiger partial charge in [0.2, 0.25) is 0 Å². The number of thiazole rings is 1. The number of anilines is 1. The van der Waals surface area contributed by atoms with Crippen molar-refractivity contribution < 1.29 is 24.2 Å². The summed E-state index contributed by atoms with van der Waals surface area (Å²) in [6, 6.07) is 16.2. The molecule has 1 saturated carbocycles. The molecule has 2 aliphatic carbocycles. The fraction of sp³-hybridized carbons (Fsp3) is 0.308. The molecule has 180 valence electrons. The Hall–Kier alpha value is -3.72. The van der Waals surface area contributed by atoms with Crippen LogP contribution in [0.3, 0.4) is 0 Å². The molecule has 8 nitrogen and oxygen atoms in total. The molecule has 35 heavy (non-hydrogen) atoms. The molecule has 1 fully saturated rings. The molecule has 1 aromatic heterocycles. The molecular formula is C26H25N3O5S. The predicted octanol–water partition coefficient (Wildman–Crippen LogP) is 4.73. The molecular weight excluding hydrogens is 466 g/mol. The SMILES string of the molecule is O=C(Nc1nc(C(=O)NC[C@H]2CCC[C@H]2C(=O)O)cs1)OCC1c2ccccc2-c2ccccc21. The molecule has 0 aliphatic heterocycles. The van der Waals surface area contributed by atoms with E-state index in [4.69, 9.17) is 4.74 Å². The second-order valence-electron chi connectivity index (χ2n) is 8.83. The number of hydrogen-bond donors (Lipinski definition) is 3. The third-order valence-electron chi connectivity index (χ3n) is 6.79. The average molecular weight is 492 g/mol. The standard InChI is InChI=1S/C26H25N3O5S/c30-23(27-12-15-6-5-11-16(15)24(31)32)22-14-35-25(28-22)29-26(33)34-13-21-19-9-3-1-7-17(19)18-8-2-4-10-20(18)21/h1-4,7-10,14-16,21H,5-6,11-13H2,(H,27,30)(H,31,32)(H,28,29,33)/t15-,16-/m1/s1. The first kappa shape index (κ1) is 23.0. The van der Waals surface area contributed by atoms with E-state index in [0.29, 0.717) is 13.0 Å². The maximum absolute atomic E-state index is 12.5. The Morgan fingerprint density at radius 1 is 1.03 bits per heavy atom. The molecule has 2 amide bonds. The molecule has 0 unspecified atom stereocenters. The minimum Gasteiger partial charge on any atom is -0.481 e. The quantitative estimate of drug-likeness (QED) is 0.440. The summed E-state index contributed by atoms with van der Waals surface area (Å²) in [5, 5.41) is 16.5. The number of carboxylic acid groups (broad SMARTS) is 1. The summed E-state index contributed by atoms with van der Waals surface area (Å²) in [5.74, 6) is -1.75. The number of fused-ring (bicyclic) bond motifs is 3. The molecule has 0 bridgehead atoms. The lowest BCUT2D eigenvalue weighted by atomic mass is 9.96. The number of rotatable bonds is 7. The normalized spacial score (nSPS) is 18.5. The highest BCUT2D eigenvalue weighted by atomic mass is 32.1.